The predicted molar refractivity (Wildman–Crippen MR) is 71.4 cm³/mol. The lowest BCUT2D eigenvalue weighted by atomic mass is 10.3. The number of likely N-dealkylation sites (N-methyl/N-ethyl adjacent to an activating group) is 1. The number of nitriles is 2. The average molecular weight is 280 g/mol. The van der Waals surface area contributed by atoms with Gasteiger partial charge in [0, 0.05) is 19.5 Å². The summed E-state index contributed by atoms with van der Waals surface area (Å²) in [7, 11) is 1.74. The number of hydrogen-bond acceptors (Lipinski definition) is 5. The van der Waals surface area contributed by atoms with E-state index in [2.05, 4.69) is 0 Å². The molecule has 0 aromatic rings. The quantitative estimate of drug-likeness (QED) is 0.622. The highest BCUT2D eigenvalue weighted by Gasteiger charge is 2.15. The van der Waals surface area contributed by atoms with Crippen molar-refractivity contribution in [1.82, 2.24) is 9.80 Å². The molecule has 0 aliphatic rings. The maximum atomic E-state index is 12.0. The summed E-state index contributed by atoms with van der Waals surface area (Å²) in [6, 6.07) is 3.95. The summed E-state index contributed by atoms with van der Waals surface area (Å²) < 4.78 is 0. The molecule has 0 spiro atoms. The van der Waals surface area contributed by atoms with Crippen molar-refractivity contribution in [1.29, 1.82) is 10.5 Å². The zero-order chi connectivity index (χ0) is 15.4. The number of carbonyl (C=O) groups excluding carboxylic acids is 1. The summed E-state index contributed by atoms with van der Waals surface area (Å²) >= 11 is 0. The van der Waals surface area contributed by atoms with Crippen molar-refractivity contribution < 1.29 is 14.7 Å². The van der Waals surface area contributed by atoms with E-state index in [1.54, 1.807) is 11.9 Å². The van der Waals surface area contributed by atoms with Crippen molar-refractivity contribution in [2.45, 2.75) is 25.7 Å². The van der Waals surface area contributed by atoms with Crippen LogP contribution in [0.2, 0.25) is 0 Å². The van der Waals surface area contributed by atoms with Crippen LogP contribution in [0, 0.1) is 22.7 Å². The number of rotatable bonds is 10. The first kappa shape index (κ1) is 17.9. The Bertz CT molecular complexity index is 379. The molecule has 7 nitrogen and oxygen atoms in total. The van der Waals surface area contributed by atoms with Crippen LogP contribution in [-0.4, -0.2) is 60.0 Å². The minimum Gasteiger partial charge on any atom is -0.481 e. The molecule has 7 heteroatoms. The van der Waals surface area contributed by atoms with Gasteiger partial charge in [0.05, 0.1) is 31.5 Å². The molecule has 0 aromatic carbocycles. The van der Waals surface area contributed by atoms with Crippen LogP contribution in [0.4, 0.5) is 0 Å². The lowest BCUT2D eigenvalue weighted by molar-refractivity contribution is -0.137. The summed E-state index contributed by atoms with van der Waals surface area (Å²) in [5.74, 6) is -0.997. The van der Waals surface area contributed by atoms with Crippen LogP contribution < -0.4 is 0 Å². The highest BCUT2D eigenvalue weighted by atomic mass is 16.4. The Morgan fingerprint density at radius 1 is 1.10 bits per heavy atom. The Hall–Kier alpha value is -2.12. The first-order valence-corrected chi connectivity index (χ1v) is 6.43. The molecule has 0 atom stereocenters. The van der Waals surface area contributed by atoms with E-state index in [1.807, 2.05) is 12.1 Å². The molecule has 0 radical (unpaired) electrons. The largest absolute Gasteiger partial charge is 0.481 e. The smallest absolute Gasteiger partial charge is 0.303 e. The average Bonchev–Trinajstić information content (AvgIpc) is 2.38. The third-order valence-corrected chi connectivity index (χ3v) is 2.68. The van der Waals surface area contributed by atoms with Crippen molar-refractivity contribution in [3.8, 4) is 12.1 Å². The molecule has 0 saturated heterocycles. The van der Waals surface area contributed by atoms with E-state index in [4.69, 9.17) is 15.6 Å². The lowest BCUT2D eigenvalue weighted by Gasteiger charge is -2.24. The van der Waals surface area contributed by atoms with Crippen LogP contribution >= 0.6 is 0 Å². The summed E-state index contributed by atoms with van der Waals surface area (Å²) in [6.45, 7) is 1.32. The molecule has 0 heterocycles. The Balaban J connectivity index is 4.18. The SMILES string of the molecule is CN(CCCC(=O)O)CC(=O)N(CCC#N)CCC#N. The number of aliphatic carboxylic acids is 1. The molecule has 1 N–H and O–H groups in total. The van der Waals surface area contributed by atoms with Crippen molar-refractivity contribution in [2.75, 3.05) is 33.2 Å². The van der Waals surface area contributed by atoms with Crippen LogP contribution in [0.25, 0.3) is 0 Å². The summed E-state index contributed by atoms with van der Waals surface area (Å²) in [5, 5.41) is 25.6. The van der Waals surface area contributed by atoms with Crippen LogP contribution in [0.3, 0.4) is 0 Å². The second-order valence-corrected chi connectivity index (χ2v) is 4.43. The number of carboxylic acids is 1. The van der Waals surface area contributed by atoms with Gasteiger partial charge < -0.3 is 10.0 Å². The summed E-state index contributed by atoms with van der Waals surface area (Å²) in [6.07, 6.45) is 1.03. The molecule has 0 aromatic heterocycles. The van der Waals surface area contributed by atoms with Gasteiger partial charge in [0.2, 0.25) is 5.91 Å². The molecule has 0 aliphatic heterocycles. The predicted octanol–water partition coefficient (Wildman–Crippen LogP) is 0.439. The molecule has 20 heavy (non-hydrogen) atoms. The fraction of sp³-hybridized carbons (Fsp3) is 0.692. The first-order valence-electron chi connectivity index (χ1n) is 6.43. The Labute approximate surface area is 119 Å². The van der Waals surface area contributed by atoms with E-state index in [9.17, 15) is 9.59 Å². The third kappa shape index (κ3) is 8.90. The summed E-state index contributed by atoms with van der Waals surface area (Å²) in [5.41, 5.74) is 0. The second kappa shape index (κ2) is 10.8. The van der Waals surface area contributed by atoms with Gasteiger partial charge in [0.15, 0.2) is 0 Å². The van der Waals surface area contributed by atoms with E-state index in [0.717, 1.165) is 0 Å². The van der Waals surface area contributed by atoms with Gasteiger partial charge in [-0.1, -0.05) is 0 Å². The maximum Gasteiger partial charge on any atom is 0.303 e. The molecular weight excluding hydrogens is 260 g/mol. The van der Waals surface area contributed by atoms with Gasteiger partial charge in [-0.3, -0.25) is 14.5 Å². The van der Waals surface area contributed by atoms with Crippen LogP contribution in [0.1, 0.15) is 25.7 Å². The van der Waals surface area contributed by atoms with Crippen molar-refractivity contribution in [2.24, 2.45) is 0 Å². The minimum atomic E-state index is -0.852. The first-order chi connectivity index (χ1) is 9.51. The van der Waals surface area contributed by atoms with Gasteiger partial charge in [0.1, 0.15) is 0 Å². The highest BCUT2D eigenvalue weighted by Crippen LogP contribution is 1.99. The maximum absolute atomic E-state index is 12.0. The Morgan fingerprint density at radius 2 is 1.65 bits per heavy atom. The van der Waals surface area contributed by atoms with Crippen LogP contribution in [-0.2, 0) is 9.59 Å². The fourth-order valence-electron chi connectivity index (χ4n) is 1.64. The van der Waals surface area contributed by atoms with Gasteiger partial charge in [0.25, 0.3) is 0 Å². The minimum absolute atomic E-state index is 0.0745. The standard InChI is InChI=1S/C13H20N4O3/c1-16(8-2-5-13(19)20)11-12(18)17(9-3-6-14)10-4-7-15/h2-5,8-11H2,1H3,(H,19,20). The van der Waals surface area contributed by atoms with Gasteiger partial charge in [-0.15, -0.1) is 0 Å². The zero-order valence-corrected chi connectivity index (χ0v) is 11.7. The van der Waals surface area contributed by atoms with Crippen LogP contribution in [0.15, 0.2) is 0 Å². The van der Waals surface area contributed by atoms with Crippen molar-refractivity contribution in [3.63, 3.8) is 0 Å². The van der Waals surface area contributed by atoms with Crippen molar-refractivity contribution >= 4 is 11.9 Å². The molecule has 1 amide bonds. The van der Waals surface area contributed by atoms with E-state index in [-0.39, 0.29) is 31.7 Å². The lowest BCUT2D eigenvalue weighted by Crippen LogP contribution is -2.40. The highest BCUT2D eigenvalue weighted by molar-refractivity contribution is 5.78. The molecule has 110 valence electrons. The van der Waals surface area contributed by atoms with E-state index >= 15 is 0 Å². The van der Waals surface area contributed by atoms with E-state index in [1.165, 1.54) is 4.90 Å². The Morgan fingerprint density at radius 3 is 2.10 bits per heavy atom. The van der Waals surface area contributed by atoms with Crippen molar-refractivity contribution in [3.05, 3.63) is 0 Å². The molecule has 0 saturated carbocycles. The van der Waals surface area contributed by atoms with Gasteiger partial charge in [-0.2, -0.15) is 10.5 Å². The second-order valence-electron chi connectivity index (χ2n) is 4.43. The molecule has 0 aliphatic carbocycles. The van der Waals surface area contributed by atoms with Gasteiger partial charge in [-0.25, -0.2) is 0 Å². The van der Waals surface area contributed by atoms with E-state index in [0.29, 0.717) is 26.1 Å². The number of hydrogen-bond donors (Lipinski definition) is 1. The number of carboxylic acid groups (broad SMARTS) is 1. The van der Waals surface area contributed by atoms with Crippen LogP contribution in [0.5, 0.6) is 0 Å². The number of carbonyl (C=O) groups is 2. The number of nitrogens with zero attached hydrogens (tertiary/aromatic N) is 4. The van der Waals surface area contributed by atoms with Gasteiger partial charge in [-0.05, 0) is 20.0 Å². The molecule has 0 unspecified atom stereocenters. The molecule has 0 bridgehead atoms. The van der Waals surface area contributed by atoms with Gasteiger partial charge >= 0.3 is 5.97 Å². The molecular formula is C13H20N4O3. The normalized spacial score (nSPS) is 9.80. The third-order valence-electron chi connectivity index (χ3n) is 2.68. The van der Waals surface area contributed by atoms with E-state index < -0.39 is 5.97 Å². The molecule has 0 fully saturated rings. The number of amides is 1. The topological polar surface area (TPSA) is 108 Å². The summed E-state index contributed by atoms with van der Waals surface area (Å²) in [4.78, 5) is 25.7. The zero-order valence-electron chi connectivity index (χ0n) is 11.7. The monoisotopic (exact) mass is 280 g/mol. The molecule has 0 rings (SSSR count). The Kier molecular flexibility index (Phi) is 9.63. The fourth-order valence-corrected chi connectivity index (χ4v) is 1.64.